The first-order valence-electron chi connectivity index (χ1n) is 7.72. The molecule has 0 aliphatic carbocycles. The number of aromatic carboxylic acids is 1. The van der Waals surface area contributed by atoms with Gasteiger partial charge in [0.25, 0.3) is 0 Å². The second kappa shape index (κ2) is 6.62. The van der Waals surface area contributed by atoms with Crippen molar-refractivity contribution in [1.82, 2.24) is 9.88 Å². The van der Waals surface area contributed by atoms with E-state index in [4.69, 9.17) is 9.84 Å². The molecule has 1 aromatic rings. The molecule has 0 radical (unpaired) electrons. The smallest absolute Gasteiger partial charge is 0.410 e. The zero-order chi connectivity index (χ0) is 18.1. The van der Waals surface area contributed by atoms with Crippen LogP contribution in [0.2, 0.25) is 0 Å². The van der Waals surface area contributed by atoms with E-state index in [1.165, 1.54) is 6.20 Å². The van der Waals surface area contributed by atoms with Crippen LogP contribution in [-0.4, -0.2) is 58.3 Å². The molecule has 1 aliphatic heterocycles. The molecule has 1 aliphatic rings. The lowest BCUT2D eigenvalue weighted by molar-refractivity contribution is 0.0158. The molecule has 0 unspecified atom stereocenters. The van der Waals surface area contributed by atoms with E-state index in [2.05, 4.69) is 4.98 Å². The summed E-state index contributed by atoms with van der Waals surface area (Å²) in [7, 11) is 0. The first kappa shape index (κ1) is 18.0. The quantitative estimate of drug-likeness (QED) is 0.891. The minimum absolute atomic E-state index is 0.129. The third kappa shape index (κ3) is 4.12. The average molecular weight is 339 g/mol. The number of ether oxygens (including phenoxy) is 1. The molecule has 0 spiro atoms. The van der Waals surface area contributed by atoms with Crippen molar-refractivity contribution >= 4 is 17.7 Å². The van der Waals surface area contributed by atoms with Crippen LogP contribution < -0.4 is 4.90 Å². The molecule has 132 valence electrons. The first-order chi connectivity index (χ1) is 11.1. The van der Waals surface area contributed by atoms with Crippen molar-refractivity contribution in [3.63, 3.8) is 0 Å². The third-order valence-corrected chi connectivity index (χ3v) is 3.65. The zero-order valence-electron chi connectivity index (χ0n) is 14.2. The van der Waals surface area contributed by atoms with E-state index in [-0.39, 0.29) is 12.1 Å². The predicted molar refractivity (Wildman–Crippen MR) is 85.8 cm³/mol. The molecule has 0 bridgehead atoms. The summed E-state index contributed by atoms with van der Waals surface area (Å²) in [5, 5.41) is 8.82. The number of carbonyl (C=O) groups is 2. The number of hydrogen-bond acceptors (Lipinski definition) is 5. The number of piperazine rings is 1. The van der Waals surface area contributed by atoms with E-state index in [0.29, 0.717) is 25.3 Å². The van der Waals surface area contributed by atoms with Crippen LogP contribution in [0.15, 0.2) is 12.3 Å². The number of rotatable bonds is 2. The standard InChI is InChI=1S/C16H22FN3O4/c1-10-9-19(5-6-20(10)15(23)24-16(2,3)4)11-7-12(17)13(14(21)22)18-8-11/h7-8,10H,5-6,9H2,1-4H3,(H,21,22)/t10-/m0/s1. The molecule has 0 saturated carbocycles. The third-order valence-electron chi connectivity index (χ3n) is 3.65. The Hall–Kier alpha value is -2.38. The van der Waals surface area contributed by atoms with Crippen LogP contribution in [-0.2, 0) is 4.74 Å². The number of pyridine rings is 1. The van der Waals surface area contributed by atoms with E-state index >= 15 is 0 Å². The minimum atomic E-state index is -1.40. The van der Waals surface area contributed by atoms with Gasteiger partial charge in [-0.1, -0.05) is 0 Å². The van der Waals surface area contributed by atoms with Crippen LogP contribution in [0.4, 0.5) is 14.9 Å². The van der Waals surface area contributed by atoms with Crippen LogP contribution in [0.25, 0.3) is 0 Å². The second-order valence-electron chi connectivity index (χ2n) is 6.80. The van der Waals surface area contributed by atoms with Crippen molar-refractivity contribution in [1.29, 1.82) is 0 Å². The number of carbonyl (C=O) groups excluding carboxylic acids is 1. The van der Waals surface area contributed by atoms with Gasteiger partial charge in [-0.25, -0.2) is 19.0 Å². The fourth-order valence-electron chi connectivity index (χ4n) is 2.54. The number of hydrogen-bond donors (Lipinski definition) is 1. The summed E-state index contributed by atoms with van der Waals surface area (Å²) in [6.45, 7) is 8.70. The molecule has 1 aromatic heterocycles. The highest BCUT2D eigenvalue weighted by Gasteiger charge is 2.31. The second-order valence-corrected chi connectivity index (χ2v) is 6.80. The van der Waals surface area contributed by atoms with E-state index in [1.54, 1.807) is 4.90 Å². The van der Waals surface area contributed by atoms with Gasteiger partial charge in [0.15, 0.2) is 11.5 Å². The maximum atomic E-state index is 13.8. The summed E-state index contributed by atoms with van der Waals surface area (Å²) in [4.78, 5) is 30.2. The molecule has 8 heteroatoms. The Morgan fingerprint density at radius 1 is 1.38 bits per heavy atom. The number of carboxylic acid groups (broad SMARTS) is 1. The fourth-order valence-corrected chi connectivity index (χ4v) is 2.54. The van der Waals surface area contributed by atoms with Gasteiger partial charge >= 0.3 is 12.1 Å². The summed E-state index contributed by atoms with van der Waals surface area (Å²) < 4.78 is 19.2. The SMILES string of the molecule is C[C@H]1CN(c2cnc(C(=O)O)c(F)c2)CCN1C(=O)OC(C)(C)C. The van der Waals surface area contributed by atoms with Gasteiger partial charge in [0.2, 0.25) is 0 Å². The molecule has 1 saturated heterocycles. The summed E-state index contributed by atoms with van der Waals surface area (Å²) in [5.74, 6) is -2.27. The molecular weight excluding hydrogens is 317 g/mol. The minimum Gasteiger partial charge on any atom is -0.476 e. The Bertz CT molecular complexity index is 645. The topological polar surface area (TPSA) is 83.0 Å². The van der Waals surface area contributed by atoms with Crippen molar-refractivity contribution in [2.24, 2.45) is 0 Å². The number of carboxylic acids is 1. The van der Waals surface area contributed by atoms with Crippen molar-refractivity contribution in [3.05, 3.63) is 23.8 Å². The molecular formula is C16H22FN3O4. The highest BCUT2D eigenvalue weighted by Crippen LogP contribution is 2.22. The fraction of sp³-hybridized carbons (Fsp3) is 0.562. The Balaban J connectivity index is 2.07. The Labute approximate surface area is 140 Å². The number of anilines is 1. The van der Waals surface area contributed by atoms with Gasteiger partial charge in [-0.05, 0) is 27.7 Å². The van der Waals surface area contributed by atoms with E-state index in [1.807, 2.05) is 32.6 Å². The van der Waals surface area contributed by atoms with Crippen LogP contribution >= 0.6 is 0 Å². The van der Waals surface area contributed by atoms with Gasteiger partial charge in [0.05, 0.1) is 11.9 Å². The lowest BCUT2D eigenvalue weighted by Crippen LogP contribution is -2.55. The van der Waals surface area contributed by atoms with E-state index < -0.39 is 23.1 Å². The van der Waals surface area contributed by atoms with Crippen LogP contribution in [0.3, 0.4) is 0 Å². The highest BCUT2D eigenvalue weighted by molar-refractivity contribution is 5.85. The molecule has 1 atom stereocenters. The Kier molecular flexibility index (Phi) is 4.96. The van der Waals surface area contributed by atoms with Gasteiger partial charge < -0.3 is 19.6 Å². The molecule has 1 fully saturated rings. The van der Waals surface area contributed by atoms with Gasteiger partial charge in [0, 0.05) is 31.7 Å². The molecule has 0 aromatic carbocycles. The van der Waals surface area contributed by atoms with Crippen molar-refractivity contribution in [3.8, 4) is 0 Å². The average Bonchev–Trinajstić information content (AvgIpc) is 2.44. The van der Waals surface area contributed by atoms with Gasteiger partial charge in [-0.2, -0.15) is 0 Å². The van der Waals surface area contributed by atoms with Crippen molar-refractivity contribution < 1.29 is 23.8 Å². The number of aromatic nitrogens is 1. The Morgan fingerprint density at radius 3 is 2.54 bits per heavy atom. The lowest BCUT2D eigenvalue weighted by atomic mass is 10.1. The summed E-state index contributed by atoms with van der Waals surface area (Å²) in [6.07, 6.45) is 0.961. The summed E-state index contributed by atoms with van der Waals surface area (Å²) in [5.41, 5.74) is -0.666. The highest BCUT2D eigenvalue weighted by atomic mass is 19.1. The molecule has 2 rings (SSSR count). The molecule has 24 heavy (non-hydrogen) atoms. The summed E-state index contributed by atoms with van der Waals surface area (Å²) >= 11 is 0. The number of halogens is 1. The maximum absolute atomic E-state index is 13.8. The van der Waals surface area contributed by atoms with Crippen molar-refractivity contribution in [2.45, 2.75) is 39.3 Å². The zero-order valence-corrected chi connectivity index (χ0v) is 14.2. The Morgan fingerprint density at radius 2 is 2.04 bits per heavy atom. The van der Waals surface area contributed by atoms with Gasteiger partial charge in [-0.15, -0.1) is 0 Å². The monoisotopic (exact) mass is 339 g/mol. The van der Waals surface area contributed by atoms with Crippen LogP contribution in [0.5, 0.6) is 0 Å². The van der Waals surface area contributed by atoms with Gasteiger partial charge in [-0.3, -0.25) is 0 Å². The van der Waals surface area contributed by atoms with Gasteiger partial charge in [0.1, 0.15) is 5.60 Å². The number of nitrogens with zero attached hydrogens (tertiary/aromatic N) is 3. The van der Waals surface area contributed by atoms with Crippen LogP contribution in [0.1, 0.15) is 38.2 Å². The van der Waals surface area contributed by atoms with Crippen molar-refractivity contribution in [2.75, 3.05) is 24.5 Å². The molecule has 1 N–H and O–H groups in total. The maximum Gasteiger partial charge on any atom is 0.410 e. The predicted octanol–water partition coefficient (Wildman–Crippen LogP) is 2.36. The van der Waals surface area contributed by atoms with E-state index in [9.17, 15) is 14.0 Å². The molecule has 7 nitrogen and oxygen atoms in total. The molecule has 1 amide bonds. The normalized spacial score (nSPS) is 18.5. The largest absolute Gasteiger partial charge is 0.476 e. The lowest BCUT2D eigenvalue weighted by Gasteiger charge is -2.41. The van der Waals surface area contributed by atoms with Crippen LogP contribution in [0, 0.1) is 5.82 Å². The summed E-state index contributed by atoms with van der Waals surface area (Å²) in [6, 6.07) is 1.03. The van der Waals surface area contributed by atoms with E-state index in [0.717, 1.165) is 6.07 Å². The molecule has 2 heterocycles. The first-order valence-corrected chi connectivity index (χ1v) is 7.72. The number of amides is 1.